The van der Waals surface area contributed by atoms with E-state index in [1.165, 1.54) is 0 Å². The summed E-state index contributed by atoms with van der Waals surface area (Å²) in [6.07, 6.45) is 2.27. The molecule has 2 N–H and O–H groups in total. The van der Waals surface area contributed by atoms with E-state index < -0.39 is 0 Å². The van der Waals surface area contributed by atoms with E-state index in [0.29, 0.717) is 30.3 Å². The third-order valence-corrected chi connectivity index (χ3v) is 5.76. The zero-order chi connectivity index (χ0) is 23.0. The second-order valence-electron chi connectivity index (χ2n) is 7.26. The predicted octanol–water partition coefficient (Wildman–Crippen LogP) is 4.61. The van der Waals surface area contributed by atoms with Gasteiger partial charge in [0.2, 0.25) is 5.88 Å². The first-order valence-corrected chi connectivity index (χ1v) is 11.2. The fourth-order valence-corrected chi connectivity index (χ4v) is 3.90. The Morgan fingerprint density at radius 1 is 1.06 bits per heavy atom. The van der Waals surface area contributed by atoms with Crippen LogP contribution in [0.25, 0.3) is 11.3 Å². The Labute approximate surface area is 195 Å². The summed E-state index contributed by atoms with van der Waals surface area (Å²) in [4.78, 5) is 23.9. The van der Waals surface area contributed by atoms with Crippen LogP contribution in [0.4, 0.5) is 0 Å². The molecule has 33 heavy (non-hydrogen) atoms. The van der Waals surface area contributed by atoms with Gasteiger partial charge in [0.15, 0.2) is 6.61 Å². The number of oxime groups is 1. The van der Waals surface area contributed by atoms with Crippen LogP contribution in [-0.4, -0.2) is 34.0 Å². The second-order valence-corrected chi connectivity index (χ2v) is 8.33. The molecule has 2 heterocycles. The van der Waals surface area contributed by atoms with Crippen LogP contribution < -0.4 is 9.61 Å². The van der Waals surface area contributed by atoms with E-state index in [0.717, 1.165) is 39.4 Å². The van der Waals surface area contributed by atoms with Gasteiger partial charge in [0.25, 0.3) is 0 Å². The lowest BCUT2D eigenvalue weighted by Gasteiger charge is -2.07. The molecular formula is C25H23N3O4S. The molecule has 0 saturated carbocycles. The van der Waals surface area contributed by atoms with E-state index >= 15 is 0 Å². The van der Waals surface area contributed by atoms with E-state index in [-0.39, 0.29) is 10.8 Å². The fourth-order valence-electron chi connectivity index (χ4n) is 3.14. The monoisotopic (exact) mass is 461 g/mol. The summed E-state index contributed by atoms with van der Waals surface area (Å²) in [5.74, 6) is 0.636. The smallest absolute Gasteiger partial charge is 0.307 e. The predicted molar refractivity (Wildman–Crippen MR) is 129 cm³/mol. The van der Waals surface area contributed by atoms with Crippen molar-refractivity contribution < 1.29 is 14.7 Å². The van der Waals surface area contributed by atoms with Gasteiger partial charge in [-0.25, -0.2) is 0 Å². The highest BCUT2D eigenvalue weighted by molar-refractivity contribution is 7.09. The van der Waals surface area contributed by atoms with Crippen molar-refractivity contribution in [3.8, 4) is 22.9 Å². The number of ether oxygens (including phenoxy) is 1. The van der Waals surface area contributed by atoms with Gasteiger partial charge in [0, 0.05) is 23.7 Å². The van der Waals surface area contributed by atoms with Crippen LogP contribution in [0.3, 0.4) is 0 Å². The highest BCUT2D eigenvalue weighted by atomic mass is 32.1. The minimum atomic E-state index is -0.263. The van der Waals surface area contributed by atoms with Gasteiger partial charge in [-0.3, -0.25) is 14.8 Å². The van der Waals surface area contributed by atoms with Crippen molar-refractivity contribution >= 4 is 17.0 Å². The number of benzene rings is 2. The molecule has 2 aromatic carbocycles. The van der Waals surface area contributed by atoms with Gasteiger partial charge in [-0.1, -0.05) is 59.0 Å². The summed E-state index contributed by atoms with van der Waals surface area (Å²) in [5, 5.41) is 13.8. The third kappa shape index (κ3) is 6.08. The maximum atomic E-state index is 11.3. The number of nitrogens with one attached hydrogen (secondary N) is 1. The van der Waals surface area contributed by atoms with Crippen LogP contribution >= 0.6 is 11.3 Å². The van der Waals surface area contributed by atoms with E-state index in [9.17, 15) is 9.90 Å². The number of hydrogen-bond donors (Lipinski definition) is 2. The van der Waals surface area contributed by atoms with E-state index in [4.69, 9.17) is 9.57 Å². The number of H-pyrrole nitrogens is 1. The molecular weight excluding hydrogens is 438 g/mol. The quantitative estimate of drug-likeness (QED) is 0.215. The molecule has 0 saturated heterocycles. The normalized spacial score (nSPS) is 11.4. The zero-order valence-electron chi connectivity index (χ0n) is 18.0. The largest absolute Gasteiger partial charge is 0.494 e. The summed E-state index contributed by atoms with van der Waals surface area (Å²) in [7, 11) is 0. The molecule has 0 unspecified atom stereocenters. The van der Waals surface area contributed by atoms with Crippen LogP contribution in [0.1, 0.15) is 22.9 Å². The summed E-state index contributed by atoms with van der Waals surface area (Å²) in [6.45, 7) is 2.53. The lowest BCUT2D eigenvalue weighted by atomic mass is 10.1. The first kappa shape index (κ1) is 22.3. The Morgan fingerprint density at radius 3 is 2.52 bits per heavy atom. The molecule has 0 aliphatic heterocycles. The number of pyridine rings is 1. The molecule has 4 aromatic rings. The lowest BCUT2D eigenvalue weighted by Crippen LogP contribution is -2.06. The summed E-state index contributed by atoms with van der Waals surface area (Å²) >= 11 is 1.01. The molecule has 7 nitrogen and oxygen atoms in total. The standard InChI is InChI=1S/C25H23N3O4S/c1-17(20-9-12-22(26-16-20)19-5-3-2-4-6-19)28-32-14-13-31-21-10-7-18(8-11-21)15-23-24(29)27-25(30)33-23/h2-12,16,29H,13-15H2,1H3,(H,27,30)/b28-17+. The minimum Gasteiger partial charge on any atom is -0.494 e. The second kappa shape index (κ2) is 10.6. The summed E-state index contributed by atoms with van der Waals surface area (Å²) in [5.41, 5.74) is 4.58. The van der Waals surface area contributed by atoms with Crippen molar-refractivity contribution in [1.29, 1.82) is 0 Å². The maximum absolute atomic E-state index is 11.3. The minimum absolute atomic E-state index is 0.0683. The number of nitrogens with zero attached hydrogens (tertiary/aromatic N) is 2. The molecule has 0 radical (unpaired) electrons. The Morgan fingerprint density at radius 2 is 1.85 bits per heavy atom. The maximum Gasteiger partial charge on any atom is 0.307 e. The van der Waals surface area contributed by atoms with Crippen LogP contribution in [0.15, 0.2) is 82.9 Å². The summed E-state index contributed by atoms with van der Waals surface area (Å²) < 4.78 is 5.68. The number of aromatic hydroxyl groups is 1. The van der Waals surface area contributed by atoms with Crippen molar-refractivity contribution in [2.45, 2.75) is 13.3 Å². The van der Waals surface area contributed by atoms with Crippen molar-refractivity contribution in [3.05, 3.63) is 98.6 Å². The first-order chi connectivity index (χ1) is 16.1. The van der Waals surface area contributed by atoms with E-state index in [1.54, 1.807) is 6.20 Å². The Bertz CT molecular complexity index is 1260. The summed E-state index contributed by atoms with van der Waals surface area (Å²) in [6, 6.07) is 21.4. The number of hydrogen-bond acceptors (Lipinski definition) is 7. The first-order valence-electron chi connectivity index (χ1n) is 10.4. The molecule has 0 amide bonds. The number of aromatic nitrogens is 2. The highest BCUT2D eigenvalue weighted by Gasteiger charge is 2.08. The van der Waals surface area contributed by atoms with Crippen LogP contribution in [0, 0.1) is 0 Å². The molecule has 0 aliphatic rings. The fraction of sp³-hybridized carbons (Fsp3) is 0.160. The Balaban J connectivity index is 1.22. The molecule has 0 fully saturated rings. The van der Waals surface area contributed by atoms with Gasteiger partial charge in [-0.2, -0.15) is 0 Å². The molecule has 0 spiro atoms. The molecule has 0 aliphatic carbocycles. The van der Waals surface area contributed by atoms with Crippen molar-refractivity contribution in [2.75, 3.05) is 13.2 Å². The van der Waals surface area contributed by atoms with Gasteiger partial charge in [-0.15, -0.1) is 0 Å². The van der Waals surface area contributed by atoms with Gasteiger partial charge in [0.1, 0.15) is 12.4 Å². The van der Waals surface area contributed by atoms with Crippen molar-refractivity contribution in [3.63, 3.8) is 0 Å². The third-order valence-electron chi connectivity index (χ3n) is 4.88. The van der Waals surface area contributed by atoms with Crippen molar-refractivity contribution in [2.24, 2.45) is 5.16 Å². The number of rotatable bonds is 9. The number of thiazole rings is 1. The van der Waals surface area contributed by atoms with Gasteiger partial charge < -0.3 is 14.7 Å². The molecule has 4 rings (SSSR count). The van der Waals surface area contributed by atoms with E-state index in [1.807, 2.05) is 73.7 Å². The Hall–Kier alpha value is -3.91. The molecule has 0 atom stereocenters. The van der Waals surface area contributed by atoms with Gasteiger partial charge in [0.05, 0.1) is 16.3 Å². The van der Waals surface area contributed by atoms with Crippen LogP contribution in [-0.2, 0) is 11.3 Å². The highest BCUT2D eigenvalue weighted by Crippen LogP contribution is 2.22. The topological polar surface area (TPSA) is 96.8 Å². The zero-order valence-corrected chi connectivity index (χ0v) is 18.8. The SMILES string of the molecule is C/C(=N\OCCOc1ccc(Cc2sc(=O)[nH]c2O)cc1)c1ccc(-c2ccccc2)nc1. The number of aromatic amines is 1. The molecule has 8 heteroatoms. The lowest BCUT2D eigenvalue weighted by molar-refractivity contribution is 0.107. The van der Waals surface area contributed by atoms with Crippen molar-refractivity contribution in [1.82, 2.24) is 9.97 Å². The van der Waals surface area contributed by atoms with Gasteiger partial charge in [-0.05, 0) is 36.8 Å². The Kier molecular flexibility index (Phi) is 7.16. The molecule has 2 aromatic heterocycles. The van der Waals surface area contributed by atoms with Crippen LogP contribution in [0.2, 0.25) is 0 Å². The van der Waals surface area contributed by atoms with Crippen LogP contribution in [0.5, 0.6) is 11.6 Å². The van der Waals surface area contributed by atoms with Gasteiger partial charge >= 0.3 is 4.87 Å². The average Bonchev–Trinajstić information content (AvgIpc) is 3.16. The average molecular weight is 462 g/mol. The molecule has 168 valence electrons. The van der Waals surface area contributed by atoms with E-state index in [2.05, 4.69) is 15.1 Å². The molecule has 0 bridgehead atoms.